The van der Waals surface area contributed by atoms with Crippen LogP contribution in [-0.2, 0) is 24.2 Å². The first-order valence-corrected chi connectivity index (χ1v) is 10.5. The van der Waals surface area contributed by atoms with Crippen LogP contribution in [0.4, 0.5) is 0 Å². The maximum absolute atomic E-state index is 12.8. The summed E-state index contributed by atoms with van der Waals surface area (Å²) in [5, 5.41) is 0. The van der Waals surface area contributed by atoms with E-state index in [-0.39, 0.29) is 11.8 Å². The van der Waals surface area contributed by atoms with Gasteiger partial charge in [0.25, 0.3) is 0 Å². The third kappa shape index (κ3) is 4.56. The van der Waals surface area contributed by atoms with Gasteiger partial charge in [-0.2, -0.15) is 0 Å². The summed E-state index contributed by atoms with van der Waals surface area (Å²) in [6.07, 6.45) is 8.87. The molecule has 1 aliphatic heterocycles. The number of imidazole rings is 1. The lowest BCUT2D eigenvalue weighted by Gasteiger charge is -2.31. The molecule has 7 heteroatoms. The highest BCUT2D eigenvalue weighted by molar-refractivity contribution is 5.76. The predicted molar refractivity (Wildman–Crippen MR) is 112 cm³/mol. The summed E-state index contributed by atoms with van der Waals surface area (Å²) in [6, 6.07) is 7.95. The highest BCUT2D eigenvalue weighted by atomic mass is 16.5. The number of benzene rings is 1. The molecule has 3 aromatic rings. The Morgan fingerprint density at radius 3 is 2.87 bits per heavy atom. The summed E-state index contributed by atoms with van der Waals surface area (Å²) in [5.74, 6) is 3.61. The number of carbonyl (C=O) groups is 1. The van der Waals surface area contributed by atoms with Gasteiger partial charge in [-0.25, -0.2) is 9.97 Å². The molecular weight excluding hydrogens is 380 g/mol. The molecule has 1 saturated heterocycles. The maximum Gasteiger partial charge on any atom is 0.242 e. The van der Waals surface area contributed by atoms with Crippen LogP contribution in [0, 0.1) is 0 Å². The molecule has 1 amide bonds. The molecule has 1 aliphatic rings. The lowest BCUT2D eigenvalue weighted by Crippen LogP contribution is -2.41. The Morgan fingerprint density at radius 2 is 2.10 bits per heavy atom. The monoisotopic (exact) mass is 408 g/mol. The van der Waals surface area contributed by atoms with Gasteiger partial charge in [0, 0.05) is 38.3 Å². The Hall–Kier alpha value is -3.09. The van der Waals surface area contributed by atoms with Crippen LogP contribution in [0.25, 0.3) is 0 Å². The van der Waals surface area contributed by atoms with Gasteiger partial charge in [-0.3, -0.25) is 4.79 Å². The fraction of sp³-hybridized carbons (Fsp3) is 0.435. The van der Waals surface area contributed by atoms with Crippen molar-refractivity contribution in [1.29, 1.82) is 0 Å². The van der Waals surface area contributed by atoms with Crippen molar-refractivity contribution in [3.05, 3.63) is 65.9 Å². The molecule has 3 heterocycles. The minimum absolute atomic E-state index is 0.123. The first-order valence-electron chi connectivity index (χ1n) is 10.5. The first kappa shape index (κ1) is 20.2. The second-order valence-corrected chi connectivity index (χ2v) is 7.69. The van der Waals surface area contributed by atoms with Gasteiger partial charge in [-0.15, -0.1) is 0 Å². The number of aromatic nitrogens is 3. The minimum atomic E-state index is 0.123. The topological polar surface area (TPSA) is 73.4 Å². The van der Waals surface area contributed by atoms with E-state index >= 15 is 0 Å². The number of likely N-dealkylation sites (tertiary alicyclic amines) is 1. The molecule has 4 rings (SSSR count). The third-order valence-electron chi connectivity index (χ3n) is 5.66. The van der Waals surface area contributed by atoms with Crippen molar-refractivity contribution in [2.24, 2.45) is 0 Å². The van der Waals surface area contributed by atoms with E-state index in [9.17, 15) is 4.79 Å². The quantitative estimate of drug-likeness (QED) is 0.599. The van der Waals surface area contributed by atoms with Crippen LogP contribution in [-0.4, -0.2) is 45.5 Å². The van der Waals surface area contributed by atoms with Gasteiger partial charge in [0.05, 0.1) is 19.2 Å². The molecule has 1 aromatic carbocycles. The van der Waals surface area contributed by atoms with Crippen LogP contribution < -0.4 is 4.74 Å². The molecule has 0 radical (unpaired) electrons. The SMILES string of the molecule is CCc1nccn1CC(=O)N1CCCC(c2ncc(Cc3ccc(OC)cc3)o2)C1. The van der Waals surface area contributed by atoms with E-state index < -0.39 is 0 Å². The maximum atomic E-state index is 12.8. The number of oxazole rings is 1. The van der Waals surface area contributed by atoms with Crippen molar-refractivity contribution in [3.8, 4) is 5.75 Å². The van der Waals surface area contributed by atoms with Crippen molar-refractivity contribution in [1.82, 2.24) is 19.4 Å². The molecule has 0 N–H and O–H groups in total. The molecule has 1 fully saturated rings. The molecule has 1 unspecified atom stereocenters. The number of nitrogens with zero attached hydrogens (tertiary/aromatic N) is 4. The summed E-state index contributed by atoms with van der Waals surface area (Å²) in [7, 11) is 1.66. The zero-order valence-electron chi connectivity index (χ0n) is 17.6. The minimum Gasteiger partial charge on any atom is -0.497 e. The van der Waals surface area contributed by atoms with E-state index in [1.807, 2.05) is 46.9 Å². The predicted octanol–water partition coefficient (Wildman–Crippen LogP) is 3.44. The van der Waals surface area contributed by atoms with E-state index in [1.165, 1.54) is 0 Å². The van der Waals surface area contributed by atoms with Crippen molar-refractivity contribution < 1.29 is 13.9 Å². The van der Waals surface area contributed by atoms with E-state index in [4.69, 9.17) is 9.15 Å². The first-order chi connectivity index (χ1) is 14.7. The summed E-state index contributed by atoms with van der Waals surface area (Å²) >= 11 is 0. The number of ether oxygens (including phenoxy) is 1. The Kier molecular flexibility index (Phi) is 6.16. The number of aryl methyl sites for hydroxylation is 1. The van der Waals surface area contributed by atoms with Crippen LogP contribution in [0.15, 0.2) is 47.3 Å². The number of methoxy groups -OCH3 is 1. The van der Waals surface area contributed by atoms with E-state index in [0.717, 1.165) is 54.6 Å². The van der Waals surface area contributed by atoms with Gasteiger partial charge in [0.2, 0.25) is 5.91 Å². The van der Waals surface area contributed by atoms with E-state index in [1.54, 1.807) is 19.5 Å². The summed E-state index contributed by atoms with van der Waals surface area (Å²) in [6.45, 7) is 3.82. The number of amides is 1. The normalized spacial score (nSPS) is 16.6. The van der Waals surface area contributed by atoms with Crippen molar-refractivity contribution >= 4 is 5.91 Å². The molecule has 7 nitrogen and oxygen atoms in total. The average Bonchev–Trinajstić information content (AvgIpc) is 3.43. The van der Waals surface area contributed by atoms with Crippen LogP contribution in [0.2, 0.25) is 0 Å². The average molecular weight is 409 g/mol. The molecule has 2 aromatic heterocycles. The van der Waals surface area contributed by atoms with Gasteiger partial charge < -0.3 is 18.6 Å². The van der Waals surface area contributed by atoms with Gasteiger partial charge in [0.1, 0.15) is 23.9 Å². The molecule has 0 aliphatic carbocycles. The van der Waals surface area contributed by atoms with Crippen LogP contribution >= 0.6 is 0 Å². The second kappa shape index (κ2) is 9.15. The molecule has 1 atom stereocenters. The number of hydrogen-bond donors (Lipinski definition) is 0. The summed E-state index contributed by atoms with van der Waals surface area (Å²) < 4.78 is 13.2. The van der Waals surface area contributed by atoms with Crippen molar-refractivity contribution in [2.75, 3.05) is 20.2 Å². The van der Waals surface area contributed by atoms with Gasteiger partial charge >= 0.3 is 0 Å². The molecule has 0 bridgehead atoms. The molecule has 158 valence electrons. The lowest BCUT2D eigenvalue weighted by molar-refractivity contribution is -0.133. The Balaban J connectivity index is 1.37. The van der Waals surface area contributed by atoms with Gasteiger partial charge in [0.15, 0.2) is 5.89 Å². The zero-order valence-corrected chi connectivity index (χ0v) is 17.6. The third-order valence-corrected chi connectivity index (χ3v) is 5.66. The Morgan fingerprint density at radius 1 is 1.27 bits per heavy atom. The van der Waals surface area contributed by atoms with Crippen LogP contribution in [0.5, 0.6) is 5.75 Å². The fourth-order valence-corrected chi connectivity index (χ4v) is 3.99. The van der Waals surface area contributed by atoms with Crippen molar-refractivity contribution in [2.45, 2.75) is 45.1 Å². The number of carbonyl (C=O) groups excluding carboxylic acids is 1. The second-order valence-electron chi connectivity index (χ2n) is 7.69. The Labute approximate surface area is 176 Å². The van der Waals surface area contributed by atoms with Crippen LogP contribution in [0.1, 0.15) is 48.7 Å². The highest BCUT2D eigenvalue weighted by Gasteiger charge is 2.28. The standard InChI is InChI=1S/C23H28N4O3/c1-3-21-24-10-12-26(21)16-22(28)27-11-4-5-18(15-27)23-25-14-20(30-23)13-17-6-8-19(29-2)9-7-17/h6-10,12,14,18H,3-5,11,13,15-16H2,1-2H3. The highest BCUT2D eigenvalue weighted by Crippen LogP contribution is 2.27. The molecule has 0 spiro atoms. The molecular formula is C23H28N4O3. The fourth-order valence-electron chi connectivity index (χ4n) is 3.99. The zero-order chi connectivity index (χ0) is 20.9. The van der Waals surface area contributed by atoms with E-state index in [0.29, 0.717) is 19.5 Å². The van der Waals surface area contributed by atoms with E-state index in [2.05, 4.69) is 9.97 Å². The molecule has 30 heavy (non-hydrogen) atoms. The smallest absolute Gasteiger partial charge is 0.242 e. The lowest BCUT2D eigenvalue weighted by atomic mass is 9.98. The Bertz CT molecular complexity index is 977. The van der Waals surface area contributed by atoms with Gasteiger partial charge in [-0.05, 0) is 30.5 Å². The number of hydrogen-bond acceptors (Lipinski definition) is 5. The summed E-state index contributed by atoms with van der Waals surface area (Å²) in [4.78, 5) is 23.6. The molecule has 0 saturated carbocycles. The van der Waals surface area contributed by atoms with Crippen molar-refractivity contribution in [3.63, 3.8) is 0 Å². The number of rotatable bonds is 7. The van der Waals surface area contributed by atoms with Gasteiger partial charge in [-0.1, -0.05) is 19.1 Å². The largest absolute Gasteiger partial charge is 0.497 e. The summed E-state index contributed by atoms with van der Waals surface area (Å²) in [5.41, 5.74) is 1.14. The number of piperidine rings is 1. The van der Waals surface area contributed by atoms with Crippen LogP contribution in [0.3, 0.4) is 0 Å².